The fourth-order valence-corrected chi connectivity index (χ4v) is 3.02. The number of benzene rings is 1. The van der Waals surface area contributed by atoms with Crippen LogP contribution in [0.5, 0.6) is 11.5 Å². The van der Waals surface area contributed by atoms with Gasteiger partial charge in [-0.1, -0.05) is 0 Å². The molecule has 33 heavy (non-hydrogen) atoms. The molecule has 1 aliphatic rings. The summed E-state index contributed by atoms with van der Waals surface area (Å²) in [5.41, 5.74) is 3.85. The zero-order chi connectivity index (χ0) is 23.4. The second-order valence-corrected chi connectivity index (χ2v) is 7.07. The molecule has 1 aliphatic heterocycles. The maximum atomic E-state index is 14.6. The van der Waals surface area contributed by atoms with Crippen LogP contribution < -0.4 is 15.5 Å². The zero-order valence-electron chi connectivity index (χ0n) is 17.9. The monoisotopic (exact) mass is 451 g/mol. The van der Waals surface area contributed by atoms with Gasteiger partial charge in [0.25, 0.3) is 0 Å². The number of halogens is 1. The molecule has 0 atom stereocenters. The lowest BCUT2D eigenvalue weighted by atomic mass is 10.2. The van der Waals surface area contributed by atoms with Crippen molar-refractivity contribution < 1.29 is 19.0 Å². The summed E-state index contributed by atoms with van der Waals surface area (Å²) in [4.78, 5) is 18.2. The number of aryl methyl sites for hydroxylation is 1. The summed E-state index contributed by atoms with van der Waals surface area (Å²) in [6, 6.07) is 6.72. The Morgan fingerprint density at radius 3 is 2.73 bits per heavy atom. The number of aromatic nitrogens is 3. The highest BCUT2D eigenvalue weighted by atomic mass is 19.1. The molecule has 0 radical (unpaired) electrons. The summed E-state index contributed by atoms with van der Waals surface area (Å²) >= 11 is 0. The van der Waals surface area contributed by atoms with Crippen molar-refractivity contribution in [1.82, 2.24) is 30.1 Å². The van der Waals surface area contributed by atoms with E-state index in [9.17, 15) is 14.3 Å². The van der Waals surface area contributed by atoms with Crippen LogP contribution in [0, 0.1) is 5.82 Å². The maximum Gasteiger partial charge on any atom is 0.338 e. The van der Waals surface area contributed by atoms with Crippen LogP contribution in [0.1, 0.15) is 6.92 Å². The molecule has 3 aromatic rings. The second kappa shape index (κ2) is 9.30. The Balaban J connectivity index is 1.39. The topological polar surface area (TPSA) is 108 Å². The molecule has 11 heteroatoms. The van der Waals surface area contributed by atoms with Gasteiger partial charge in [0, 0.05) is 56.1 Å². The number of hydrazine groups is 1. The van der Waals surface area contributed by atoms with Gasteiger partial charge in [0.05, 0.1) is 23.8 Å². The van der Waals surface area contributed by atoms with Gasteiger partial charge in [-0.3, -0.25) is 9.67 Å². The summed E-state index contributed by atoms with van der Waals surface area (Å²) in [5.74, 6) is -0.139. The van der Waals surface area contributed by atoms with Crippen molar-refractivity contribution in [3.05, 3.63) is 79.2 Å². The number of hydrogen-bond acceptors (Lipinski definition) is 7. The van der Waals surface area contributed by atoms with E-state index in [4.69, 9.17) is 4.74 Å². The third-order valence-electron chi connectivity index (χ3n) is 4.68. The first-order chi connectivity index (χ1) is 15.9. The van der Waals surface area contributed by atoms with Crippen molar-refractivity contribution in [2.45, 2.75) is 6.92 Å². The van der Waals surface area contributed by atoms with Crippen LogP contribution in [0.2, 0.25) is 0 Å². The van der Waals surface area contributed by atoms with E-state index in [-0.39, 0.29) is 17.3 Å². The molecule has 170 valence electrons. The quantitative estimate of drug-likeness (QED) is 0.521. The van der Waals surface area contributed by atoms with Crippen molar-refractivity contribution in [3.8, 4) is 22.8 Å². The predicted molar refractivity (Wildman–Crippen MR) is 119 cm³/mol. The fraction of sp³-hybridized carbons (Fsp3) is 0.136. The van der Waals surface area contributed by atoms with E-state index in [1.54, 1.807) is 40.3 Å². The minimum Gasteiger partial charge on any atom is -0.492 e. The van der Waals surface area contributed by atoms with Crippen LogP contribution in [0.4, 0.5) is 14.9 Å². The van der Waals surface area contributed by atoms with Crippen LogP contribution in [-0.4, -0.2) is 42.4 Å². The highest BCUT2D eigenvalue weighted by molar-refractivity contribution is 5.89. The molecule has 0 saturated carbocycles. The number of nitrogens with one attached hydrogen (secondary N) is 2. The smallest absolute Gasteiger partial charge is 0.338 e. The van der Waals surface area contributed by atoms with Crippen LogP contribution in [0.3, 0.4) is 0 Å². The van der Waals surface area contributed by atoms with Crippen molar-refractivity contribution in [3.63, 3.8) is 0 Å². The van der Waals surface area contributed by atoms with Gasteiger partial charge in [-0.15, -0.1) is 0 Å². The zero-order valence-corrected chi connectivity index (χ0v) is 17.9. The maximum absolute atomic E-state index is 14.6. The Morgan fingerprint density at radius 1 is 1.21 bits per heavy atom. The van der Waals surface area contributed by atoms with Crippen LogP contribution in [0.15, 0.2) is 73.4 Å². The van der Waals surface area contributed by atoms with E-state index < -0.39 is 11.8 Å². The number of rotatable bonds is 6. The van der Waals surface area contributed by atoms with Gasteiger partial charge in [0.2, 0.25) is 5.88 Å². The highest BCUT2D eigenvalue weighted by Crippen LogP contribution is 2.28. The van der Waals surface area contributed by atoms with Crippen LogP contribution in [0.25, 0.3) is 11.3 Å². The molecule has 0 unspecified atom stereocenters. The van der Waals surface area contributed by atoms with Gasteiger partial charge >= 0.3 is 6.03 Å². The van der Waals surface area contributed by atoms with Gasteiger partial charge in [-0.25, -0.2) is 19.6 Å². The summed E-state index contributed by atoms with van der Waals surface area (Å²) in [5, 5.41) is 17.6. The van der Waals surface area contributed by atoms with E-state index in [0.717, 1.165) is 16.6 Å². The molecule has 0 spiro atoms. The van der Waals surface area contributed by atoms with Crippen LogP contribution >= 0.6 is 0 Å². The fourth-order valence-electron chi connectivity index (χ4n) is 3.02. The first-order valence-corrected chi connectivity index (χ1v) is 10.1. The number of urea groups is 1. The minimum absolute atomic E-state index is 0.0507. The highest BCUT2D eigenvalue weighted by Gasteiger charge is 2.16. The molecule has 3 N–H and O–H groups in total. The number of carbonyl (C=O) groups excluding carboxylic acids is 1. The third-order valence-corrected chi connectivity index (χ3v) is 4.68. The number of anilines is 1. The lowest BCUT2D eigenvalue weighted by Gasteiger charge is -2.26. The number of amides is 2. The van der Waals surface area contributed by atoms with E-state index in [0.29, 0.717) is 18.0 Å². The normalized spacial score (nSPS) is 13.0. The molecule has 0 saturated heterocycles. The summed E-state index contributed by atoms with van der Waals surface area (Å²) in [6.07, 6.45) is 9.70. The van der Waals surface area contributed by atoms with Gasteiger partial charge in [-0.05, 0) is 25.1 Å². The molecule has 10 nitrogen and oxygen atoms in total. The Bertz CT molecular complexity index is 1220. The first kappa shape index (κ1) is 21.7. The number of ether oxygens (including phenoxy) is 1. The number of hydrogen-bond donors (Lipinski definition) is 3. The van der Waals surface area contributed by atoms with Gasteiger partial charge in [0.1, 0.15) is 17.3 Å². The molecule has 3 heterocycles. The standard InChI is InChI=1S/C22H22FN7O3/c1-3-29-8-9-30(21(31)14-29)27-22(32)26-19-5-4-16(10-18(19)23)33-17-6-7-24-20(11-17)15-12-25-28(2)13-15/h4-14,31H,3H2,1-2H3,(H2,26,27,32). The van der Waals surface area contributed by atoms with Crippen molar-refractivity contribution in [2.24, 2.45) is 7.05 Å². The molecule has 1 aromatic carbocycles. The molecule has 0 aliphatic carbocycles. The molecule has 4 rings (SSSR count). The lowest BCUT2D eigenvalue weighted by molar-refractivity contribution is 0.179. The average Bonchev–Trinajstić information content (AvgIpc) is 3.23. The Kier molecular flexibility index (Phi) is 6.11. The molecule has 0 bridgehead atoms. The Morgan fingerprint density at radius 2 is 2.03 bits per heavy atom. The van der Waals surface area contributed by atoms with E-state index in [2.05, 4.69) is 20.8 Å². The van der Waals surface area contributed by atoms with E-state index >= 15 is 0 Å². The number of aliphatic hydroxyl groups excluding tert-OH is 1. The number of aliphatic hydroxyl groups is 1. The molecule has 0 fully saturated rings. The van der Waals surface area contributed by atoms with Gasteiger partial charge in [0.15, 0.2) is 0 Å². The average molecular weight is 451 g/mol. The van der Waals surface area contributed by atoms with Crippen molar-refractivity contribution in [2.75, 3.05) is 11.9 Å². The summed E-state index contributed by atoms with van der Waals surface area (Å²) in [6.45, 7) is 2.57. The van der Waals surface area contributed by atoms with Crippen LogP contribution in [-0.2, 0) is 7.05 Å². The minimum atomic E-state index is -0.729. The molecule has 2 amide bonds. The second-order valence-electron chi connectivity index (χ2n) is 7.07. The summed E-state index contributed by atoms with van der Waals surface area (Å²) in [7, 11) is 1.81. The number of carbonyl (C=O) groups is 1. The third kappa shape index (κ3) is 5.21. The largest absolute Gasteiger partial charge is 0.492 e. The SMILES string of the molecule is CCN1C=CN(NC(=O)Nc2ccc(Oc3ccnc(-c4cnn(C)c4)c3)cc2F)C(O)=C1. The molecule has 2 aromatic heterocycles. The number of pyridine rings is 1. The predicted octanol–water partition coefficient (Wildman–Crippen LogP) is 3.92. The summed E-state index contributed by atoms with van der Waals surface area (Å²) < 4.78 is 22.0. The Labute approximate surface area is 189 Å². The first-order valence-electron chi connectivity index (χ1n) is 10.1. The lowest BCUT2D eigenvalue weighted by Crippen LogP contribution is -2.42. The molecular formula is C22H22FN7O3. The van der Waals surface area contributed by atoms with Crippen molar-refractivity contribution in [1.29, 1.82) is 0 Å². The van der Waals surface area contributed by atoms with E-state index in [1.807, 2.05) is 20.2 Å². The van der Waals surface area contributed by atoms with E-state index in [1.165, 1.54) is 24.5 Å². The number of nitrogens with zero attached hydrogens (tertiary/aromatic N) is 5. The Hall–Kier alpha value is -4.54. The van der Waals surface area contributed by atoms with Crippen molar-refractivity contribution >= 4 is 11.7 Å². The van der Waals surface area contributed by atoms with Gasteiger partial charge in [-0.2, -0.15) is 5.10 Å². The molecular weight excluding hydrogens is 429 g/mol. The van der Waals surface area contributed by atoms with Gasteiger partial charge < -0.3 is 20.1 Å².